The standard InChI is InChI=1S/C16H21NO/c17-14(18)16-8-4-7-15(12-16,9-10-16)11-13-5-2-1-3-6-13/h1-3,5-6H,4,7-12H2,(H2,17,18). The minimum Gasteiger partial charge on any atom is -0.369 e. The molecule has 2 heteroatoms. The van der Waals surface area contributed by atoms with Crippen molar-refractivity contribution in [1.82, 2.24) is 0 Å². The first-order chi connectivity index (χ1) is 8.64. The molecule has 0 spiro atoms. The molecule has 3 rings (SSSR count). The number of benzene rings is 1. The average molecular weight is 243 g/mol. The van der Waals surface area contributed by atoms with E-state index in [1.807, 2.05) is 0 Å². The third-order valence-corrected chi connectivity index (χ3v) is 5.15. The van der Waals surface area contributed by atoms with Crippen molar-refractivity contribution in [2.45, 2.75) is 44.9 Å². The molecule has 0 saturated heterocycles. The van der Waals surface area contributed by atoms with Crippen LogP contribution in [0.5, 0.6) is 0 Å². The molecule has 2 unspecified atom stereocenters. The van der Waals surface area contributed by atoms with E-state index in [-0.39, 0.29) is 11.3 Å². The van der Waals surface area contributed by atoms with Crippen molar-refractivity contribution in [3.63, 3.8) is 0 Å². The molecule has 2 bridgehead atoms. The molecule has 1 aromatic rings. The fourth-order valence-corrected chi connectivity index (χ4v) is 4.23. The lowest BCUT2D eigenvalue weighted by molar-refractivity contribution is -0.129. The molecule has 0 radical (unpaired) electrons. The molecule has 0 aliphatic heterocycles. The highest BCUT2D eigenvalue weighted by Gasteiger charge is 2.53. The van der Waals surface area contributed by atoms with Crippen LogP contribution in [0.25, 0.3) is 0 Å². The van der Waals surface area contributed by atoms with E-state index in [2.05, 4.69) is 30.3 Å². The van der Waals surface area contributed by atoms with Crippen LogP contribution in [-0.2, 0) is 11.2 Å². The third kappa shape index (κ3) is 1.84. The molecule has 0 heterocycles. The van der Waals surface area contributed by atoms with Crippen molar-refractivity contribution < 1.29 is 4.79 Å². The summed E-state index contributed by atoms with van der Waals surface area (Å²) in [6.07, 6.45) is 7.75. The van der Waals surface area contributed by atoms with Gasteiger partial charge in [0.1, 0.15) is 0 Å². The first-order valence-electron chi connectivity index (χ1n) is 6.98. The second-order valence-corrected chi connectivity index (χ2v) is 6.34. The smallest absolute Gasteiger partial charge is 0.223 e. The number of rotatable bonds is 3. The zero-order chi connectivity index (χ0) is 12.6. The normalized spacial score (nSPS) is 34.4. The van der Waals surface area contributed by atoms with Gasteiger partial charge in [0.15, 0.2) is 0 Å². The molecular formula is C16H21NO. The molecular weight excluding hydrogens is 222 g/mol. The van der Waals surface area contributed by atoms with E-state index < -0.39 is 0 Å². The van der Waals surface area contributed by atoms with E-state index in [1.54, 1.807) is 0 Å². The van der Waals surface area contributed by atoms with Crippen molar-refractivity contribution in [3.05, 3.63) is 35.9 Å². The summed E-state index contributed by atoms with van der Waals surface area (Å²) >= 11 is 0. The van der Waals surface area contributed by atoms with Gasteiger partial charge in [-0.25, -0.2) is 0 Å². The largest absolute Gasteiger partial charge is 0.369 e. The highest BCUT2D eigenvalue weighted by Crippen LogP contribution is 2.59. The fraction of sp³-hybridized carbons (Fsp3) is 0.562. The number of amides is 1. The molecule has 0 aromatic heterocycles. The summed E-state index contributed by atoms with van der Waals surface area (Å²) in [6.45, 7) is 0. The van der Waals surface area contributed by atoms with Gasteiger partial charge in [0, 0.05) is 5.41 Å². The first kappa shape index (κ1) is 11.8. The van der Waals surface area contributed by atoms with Crippen molar-refractivity contribution in [2.75, 3.05) is 0 Å². The number of nitrogens with two attached hydrogens (primary N) is 1. The summed E-state index contributed by atoms with van der Waals surface area (Å²) in [6, 6.07) is 10.7. The molecule has 2 fully saturated rings. The van der Waals surface area contributed by atoms with E-state index in [9.17, 15) is 4.79 Å². The summed E-state index contributed by atoms with van der Waals surface area (Å²) in [5, 5.41) is 0. The van der Waals surface area contributed by atoms with E-state index >= 15 is 0 Å². The summed E-state index contributed by atoms with van der Waals surface area (Å²) in [5.41, 5.74) is 7.22. The van der Waals surface area contributed by atoms with Crippen LogP contribution >= 0.6 is 0 Å². The Bertz CT molecular complexity index is 455. The van der Waals surface area contributed by atoms with Crippen LogP contribution in [-0.4, -0.2) is 5.91 Å². The van der Waals surface area contributed by atoms with Crippen LogP contribution in [0, 0.1) is 10.8 Å². The second-order valence-electron chi connectivity index (χ2n) is 6.34. The van der Waals surface area contributed by atoms with Crippen molar-refractivity contribution in [1.29, 1.82) is 0 Å². The zero-order valence-corrected chi connectivity index (χ0v) is 10.8. The lowest BCUT2D eigenvalue weighted by Gasteiger charge is -2.38. The van der Waals surface area contributed by atoms with Gasteiger partial charge in [0.05, 0.1) is 0 Å². The van der Waals surface area contributed by atoms with Crippen LogP contribution < -0.4 is 5.73 Å². The van der Waals surface area contributed by atoms with Crippen molar-refractivity contribution in [3.8, 4) is 0 Å². The molecule has 1 amide bonds. The van der Waals surface area contributed by atoms with Gasteiger partial charge in [0.2, 0.25) is 5.91 Å². The van der Waals surface area contributed by atoms with Crippen LogP contribution in [0.4, 0.5) is 0 Å². The average Bonchev–Trinajstić information content (AvgIpc) is 2.63. The van der Waals surface area contributed by atoms with Gasteiger partial charge in [-0.05, 0) is 49.5 Å². The minimum atomic E-state index is -0.174. The lowest BCUT2D eigenvalue weighted by Crippen LogP contribution is -2.39. The van der Waals surface area contributed by atoms with E-state index in [4.69, 9.17) is 5.73 Å². The Kier molecular flexibility index (Phi) is 2.69. The number of hydrogen-bond acceptors (Lipinski definition) is 1. The van der Waals surface area contributed by atoms with Gasteiger partial charge in [-0.1, -0.05) is 36.8 Å². The number of primary amides is 1. The Labute approximate surface area is 109 Å². The molecule has 2 N–H and O–H groups in total. The third-order valence-electron chi connectivity index (χ3n) is 5.15. The molecule has 2 nitrogen and oxygen atoms in total. The predicted molar refractivity (Wildman–Crippen MR) is 71.9 cm³/mol. The van der Waals surface area contributed by atoms with E-state index in [0.717, 1.165) is 32.1 Å². The summed E-state index contributed by atoms with van der Waals surface area (Å²) < 4.78 is 0. The monoisotopic (exact) mass is 243 g/mol. The van der Waals surface area contributed by atoms with Gasteiger partial charge in [-0.2, -0.15) is 0 Å². The van der Waals surface area contributed by atoms with Gasteiger partial charge in [-0.15, -0.1) is 0 Å². The predicted octanol–water partition coefficient (Wildman–Crippen LogP) is 3.06. The topological polar surface area (TPSA) is 43.1 Å². The maximum absolute atomic E-state index is 11.8. The highest BCUT2D eigenvalue weighted by atomic mass is 16.1. The lowest BCUT2D eigenvalue weighted by atomic mass is 9.66. The molecule has 2 aliphatic rings. The van der Waals surface area contributed by atoms with Crippen molar-refractivity contribution in [2.24, 2.45) is 16.6 Å². The maximum atomic E-state index is 11.8. The number of fused-ring (bicyclic) bond motifs is 2. The second kappa shape index (κ2) is 4.11. The summed E-state index contributed by atoms with van der Waals surface area (Å²) in [7, 11) is 0. The van der Waals surface area contributed by atoms with Gasteiger partial charge in [-0.3, -0.25) is 4.79 Å². The molecule has 96 valence electrons. The van der Waals surface area contributed by atoms with Gasteiger partial charge >= 0.3 is 0 Å². The fourth-order valence-electron chi connectivity index (χ4n) is 4.23. The minimum absolute atomic E-state index is 0.0582. The van der Waals surface area contributed by atoms with Crippen LogP contribution in [0.15, 0.2) is 30.3 Å². The van der Waals surface area contributed by atoms with Crippen LogP contribution in [0.2, 0.25) is 0 Å². The highest BCUT2D eigenvalue weighted by molar-refractivity contribution is 5.81. The number of carbonyl (C=O) groups is 1. The number of carbonyl (C=O) groups excluding carboxylic acids is 1. The Balaban J connectivity index is 1.82. The molecule has 18 heavy (non-hydrogen) atoms. The quantitative estimate of drug-likeness (QED) is 0.871. The Morgan fingerprint density at radius 1 is 1.11 bits per heavy atom. The first-order valence-corrected chi connectivity index (χ1v) is 6.98. The summed E-state index contributed by atoms with van der Waals surface area (Å²) in [4.78, 5) is 11.8. The Morgan fingerprint density at radius 3 is 2.61 bits per heavy atom. The maximum Gasteiger partial charge on any atom is 0.223 e. The molecule has 2 aliphatic carbocycles. The van der Waals surface area contributed by atoms with E-state index in [0.29, 0.717) is 5.41 Å². The Hall–Kier alpha value is -1.31. The SMILES string of the molecule is NC(=O)C12CCCC(Cc3ccccc3)(CC1)C2. The van der Waals surface area contributed by atoms with Crippen LogP contribution in [0.3, 0.4) is 0 Å². The number of hydrogen-bond donors (Lipinski definition) is 1. The zero-order valence-electron chi connectivity index (χ0n) is 10.8. The summed E-state index contributed by atoms with van der Waals surface area (Å²) in [5.74, 6) is -0.0582. The molecule has 2 saturated carbocycles. The van der Waals surface area contributed by atoms with Gasteiger partial charge < -0.3 is 5.73 Å². The van der Waals surface area contributed by atoms with Crippen molar-refractivity contribution >= 4 is 5.91 Å². The van der Waals surface area contributed by atoms with Gasteiger partial charge in [0.25, 0.3) is 0 Å². The van der Waals surface area contributed by atoms with E-state index in [1.165, 1.54) is 18.4 Å². The molecule has 2 atom stereocenters. The molecule has 1 aromatic carbocycles. The van der Waals surface area contributed by atoms with Crippen LogP contribution in [0.1, 0.15) is 44.1 Å². The Morgan fingerprint density at radius 2 is 1.89 bits per heavy atom.